The highest BCUT2D eigenvalue weighted by molar-refractivity contribution is 6.31. The molecule has 0 aliphatic rings. The Morgan fingerprint density at radius 2 is 2.10 bits per heavy atom. The van der Waals surface area contributed by atoms with Crippen molar-refractivity contribution in [1.82, 2.24) is 9.97 Å². The summed E-state index contributed by atoms with van der Waals surface area (Å²) in [5.74, 6) is -0.416. The minimum absolute atomic E-state index is 0.00127. The molecule has 0 atom stereocenters. The maximum atomic E-state index is 13.1. The molecule has 7 nitrogen and oxygen atoms in total. The van der Waals surface area contributed by atoms with E-state index in [1.165, 1.54) is 23.4 Å². The second kappa shape index (κ2) is 5.88. The Morgan fingerprint density at radius 3 is 2.67 bits per heavy atom. The van der Waals surface area contributed by atoms with Gasteiger partial charge in [0.1, 0.15) is 12.1 Å². The monoisotopic (exact) mass is 311 g/mol. The zero-order valence-electron chi connectivity index (χ0n) is 11.2. The third-order valence-corrected chi connectivity index (χ3v) is 2.88. The largest absolute Gasteiger partial charge is 0.357 e. The first-order valence-corrected chi connectivity index (χ1v) is 6.16. The Balaban J connectivity index is 2.46. The van der Waals surface area contributed by atoms with Gasteiger partial charge in [-0.1, -0.05) is 11.6 Å². The molecule has 0 aliphatic heterocycles. The molecule has 21 heavy (non-hydrogen) atoms. The van der Waals surface area contributed by atoms with Crippen LogP contribution in [0.15, 0.2) is 24.5 Å². The van der Waals surface area contributed by atoms with Crippen LogP contribution in [0.25, 0.3) is 0 Å². The Bertz CT molecular complexity index is 695. The van der Waals surface area contributed by atoms with Crippen molar-refractivity contribution >= 4 is 34.6 Å². The SMILES string of the molecule is CN(C)c1ncnc(Nc2ccc(F)c(Cl)c2)c1[N+](=O)[O-]. The molecule has 0 bridgehead atoms. The number of nitro groups is 1. The van der Waals surface area contributed by atoms with E-state index >= 15 is 0 Å². The van der Waals surface area contributed by atoms with Crippen LogP contribution in [0.4, 0.5) is 27.4 Å². The van der Waals surface area contributed by atoms with Crippen molar-refractivity contribution in [2.45, 2.75) is 0 Å². The fraction of sp³-hybridized carbons (Fsp3) is 0.167. The topological polar surface area (TPSA) is 84.2 Å². The van der Waals surface area contributed by atoms with E-state index in [2.05, 4.69) is 15.3 Å². The summed E-state index contributed by atoms with van der Waals surface area (Å²) in [6.45, 7) is 0. The van der Waals surface area contributed by atoms with Gasteiger partial charge in [0.2, 0.25) is 11.6 Å². The number of hydrogen-bond donors (Lipinski definition) is 1. The first kappa shape index (κ1) is 14.9. The summed E-state index contributed by atoms with van der Waals surface area (Å²) in [7, 11) is 3.27. The summed E-state index contributed by atoms with van der Waals surface area (Å²) in [5.41, 5.74) is 0.107. The highest BCUT2D eigenvalue weighted by atomic mass is 35.5. The molecule has 0 spiro atoms. The zero-order chi connectivity index (χ0) is 15.6. The van der Waals surface area contributed by atoms with Gasteiger partial charge in [-0.2, -0.15) is 0 Å². The Morgan fingerprint density at radius 1 is 1.38 bits per heavy atom. The van der Waals surface area contributed by atoms with E-state index < -0.39 is 10.7 Å². The van der Waals surface area contributed by atoms with Gasteiger partial charge < -0.3 is 10.2 Å². The second-order valence-electron chi connectivity index (χ2n) is 4.30. The molecule has 0 fully saturated rings. The number of rotatable bonds is 4. The Labute approximate surface area is 124 Å². The van der Waals surface area contributed by atoms with Crippen LogP contribution in [0.5, 0.6) is 0 Å². The highest BCUT2D eigenvalue weighted by Crippen LogP contribution is 2.33. The lowest BCUT2D eigenvalue weighted by Crippen LogP contribution is -2.14. The van der Waals surface area contributed by atoms with E-state index in [1.807, 2.05) is 0 Å². The van der Waals surface area contributed by atoms with E-state index in [0.717, 1.165) is 6.07 Å². The van der Waals surface area contributed by atoms with Crippen molar-refractivity contribution in [2.75, 3.05) is 24.3 Å². The molecule has 1 aromatic carbocycles. The van der Waals surface area contributed by atoms with Gasteiger partial charge >= 0.3 is 5.69 Å². The fourth-order valence-corrected chi connectivity index (χ4v) is 1.85. The summed E-state index contributed by atoms with van der Waals surface area (Å²) < 4.78 is 13.1. The van der Waals surface area contributed by atoms with Crippen molar-refractivity contribution in [3.05, 3.63) is 45.5 Å². The van der Waals surface area contributed by atoms with E-state index in [9.17, 15) is 14.5 Å². The van der Waals surface area contributed by atoms with E-state index in [0.29, 0.717) is 5.69 Å². The first-order chi connectivity index (χ1) is 9.90. The van der Waals surface area contributed by atoms with Crippen molar-refractivity contribution < 1.29 is 9.31 Å². The summed E-state index contributed by atoms with van der Waals surface area (Å²) in [4.78, 5) is 19.9. The lowest BCUT2D eigenvalue weighted by Gasteiger charge is -2.13. The summed E-state index contributed by atoms with van der Waals surface area (Å²) in [5, 5.41) is 13.9. The van der Waals surface area contributed by atoms with Crippen molar-refractivity contribution in [2.24, 2.45) is 0 Å². The molecular formula is C12H11ClFN5O2. The smallest absolute Gasteiger partial charge is 0.353 e. The van der Waals surface area contributed by atoms with E-state index in [1.54, 1.807) is 14.1 Å². The van der Waals surface area contributed by atoms with Crippen LogP contribution in [0.3, 0.4) is 0 Å². The summed E-state index contributed by atoms with van der Waals surface area (Å²) in [6.07, 6.45) is 1.20. The minimum Gasteiger partial charge on any atom is -0.357 e. The predicted molar refractivity (Wildman–Crippen MR) is 77.7 cm³/mol. The summed E-state index contributed by atoms with van der Waals surface area (Å²) in [6, 6.07) is 3.88. The number of nitrogens with zero attached hydrogens (tertiary/aromatic N) is 4. The molecule has 0 saturated carbocycles. The zero-order valence-corrected chi connectivity index (χ0v) is 11.9. The number of nitrogens with one attached hydrogen (secondary N) is 1. The number of benzene rings is 1. The van der Waals surface area contributed by atoms with Crippen molar-refractivity contribution in [3.63, 3.8) is 0 Å². The maximum absolute atomic E-state index is 13.1. The van der Waals surface area contributed by atoms with Crippen LogP contribution in [-0.2, 0) is 0 Å². The average molecular weight is 312 g/mol. The fourth-order valence-electron chi connectivity index (χ4n) is 1.67. The molecule has 0 amide bonds. The molecular weight excluding hydrogens is 301 g/mol. The molecule has 9 heteroatoms. The van der Waals surface area contributed by atoms with E-state index in [-0.39, 0.29) is 22.3 Å². The first-order valence-electron chi connectivity index (χ1n) is 5.79. The Kier molecular flexibility index (Phi) is 4.18. The van der Waals surface area contributed by atoms with Gasteiger partial charge in [0.15, 0.2) is 0 Å². The van der Waals surface area contributed by atoms with Gasteiger partial charge in [-0.05, 0) is 18.2 Å². The lowest BCUT2D eigenvalue weighted by molar-refractivity contribution is -0.383. The summed E-state index contributed by atoms with van der Waals surface area (Å²) >= 11 is 5.67. The quantitative estimate of drug-likeness (QED) is 0.690. The van der Waals surface area contributed by atoms with Gasteiger partial charge in [0, 0.05) is 19.8 Å². The number of hydrogen-bond acceptors (Lipinski definition) is 6. The molecule has 0 unspecified atom stereocenters. The molecule has 0 saturated heterocycles. The molecule has 1 heterocycles. The molecule has 2 aromatic rings. The van der Waals surface area contributed by atoms with Crippen LogP contribution >= 0.6 is 11.6 Å². The lowest BCUT2D eigenvalue weighted by atomic mass is 10.3. The number of halogens is 2. The van der Waals surface area contributed by atoms with Crippen LogP contribution in [0.2, 0.25) is 5.02 Å². The normalized spacial score (nSPS) is 10.3. The molecule has 110 valence electrons. The number of anilines is 3. The third-order valence-electron chi connectivity index (χ3n) is 2.59. The van der Waals surface area contributed by atoms with E-state index in [4.69, 9.17) is 11.6 Å². The van der Waals surface area contributed by atoms with Gasteiger partial charge in [-0.25, -0.2) is 14.4 Å². The van der Waals surface area contributed by atoms with Crippen LogP contribution in [0.1, 0.15) is 0 Å². The Hall–Kier alpha value is -2.48. The van der Waals surface area contributed by atoms with Crippen LogP contribution in [-0.4, -0.2) is 29.0 Å². The molecule has 0 radical (unpaired) electrons. The van der Waals surface area contributed by atoms with Crippen molar-refractivity contribution in [1.29, 1.82) is 0 Å². The standard InChI is InChI=1S/C12H11ClFN5O2/c1-18(2)12-10(19(20)21)11(15-6-16-12)17-7-3-4-9(14)8(13)5-7/h3-6H,1-2H3,(H,15,16,17). The highest BCUT2D eigenvalue weighted by Gasteiger charge is 2.24. The van der Waals surface area contributed by atoms with Crippen LogP contribution in [0, 0.1) is 15.9 Å². The van der Waals surface area contributed by atoms with Gasteiger partial charge in [0.05, 0.1) is 9.95 Å². The van der Waals surface area contributed by atoms with Gasteiger partial charge in [0.25, 0.3) is 0 Å². The molecule has 2 rings (SSSR count). The van der Waals surface area contributed by atoms with Crippen LogP contribution < -0.4 is 10.2 Å². The van der Waals surface area contributed by atoms with Gasteiger partial charge in [-0.3, -0.25) is 10.1 Å². The maximum Gasteiger partial charge on any atom is 0.353 e. The second-order valence-corrected chi connectivity index (χ2v) is 4.71. The predicted octanol–water partition coefficient (Wildman–Crippen LogP) is 2.99. The number of aromatic nitrogens is 2. The third kappa shape index (κ3) is 3.16. The molecule has 1 N–H and O–H groups in total. The minimum atomic E-state index is -0.581. The van der Waals surface area contributed by atoms with Gasteiger partial charge in [-0.15, -0.1) is 0 Å². The molecule has 1 aromatic heterocycles. The molecule has 0 aliphatic carbocycles. The van der Waals surface area contributed by atoms with Crippen molar-refractivity contribution in [3.8, 4) is 0 Å². The average Bonchev–Trinajstić information content (AvgIpc) is 2.42.